The topological polar surface area (TPSA) is 80.4 Å². The molecule has 0 aromatic heterocycles. The summed E-state index contributed by atoms with van der Waals surface area (Å²) in [7, 11) is 0. The normalized spacial score (nSPS) is 11.9. The molecule has 1 unspecified atom stereocenters. The van der Waals surface area contributed by atoms with Gasteiger partial charge in [0.1, 0.15) is 5.82 Å². The van der Waals surface area contributed by atoms with Gasteiger partial charge in [-0.2, -0.15) is 0 Å². The van der Waals surface area contributed by atoms with Crippen LogP contribution >= 0.6 is 0 Å². The number of para-hydroxylation sites is 1. The van der Waals surface area contributed by atoms with Crippen molar-refractivity contribution in [2.45, 2.75) is 12.3 Å². The molecule has 21 heavy (non-hydrogen) atoms. The molecule has 1 N–H and O–H groups in total. The Balaban J connectivity index is 2.44. The van der Waals surface area contributed by atoms with Crippen LogP contribution in [0.25, 0.3) is 0 Å². The summed E-state index contributed by atoms with van der Waals surface area (Å²) in [6.45, 7) is 0. The second-order valence-corrected chi connectivity index (χ2v) is 4.50. The third-order valence-corrected chi connectivity index (χ3v) is 3.19. The Hall–Kier alpha value is -2.76. The van der Waals surface area contributed by atoms with Gasteiger partial charge in [-0.25, -0.2) is 4.39 Å². The van der Waals surface area contributed by atoms with Crippen molar-refractivity contribution in [3.05, 3.63) is 75.6 Å². The first-order valence-electron chi connectivity index (χ1n) is 6.20. The smallest absolute Gasteiger partial charge is 0.311 e. The minimum absolute atomic E-state index is 0.0678. The van der Waals surface area contributed by atoms with Gasteiger partial charge in [0, 0.05) is 11.6 Å². The number of hydrogen-bond donors (Lipinski definition) is 1. The lowest BCUT2D eigenvalue weighted by Crippen LogP contribution is -2.16. The van der Waals surface area contributed by atoms with Crippen LogP contribution in [0.5, 0.6) is 0 Å². The van der Waals surface area contributed by atoms with E-state index in [1.807, 2.05) is 0 Å². The lowest BCUT2D eigenvalue weighted by atomic mass is 9.90. The summed E-state index contributed by atoms with van der Waals surface area (Å²) in [5.41, 5.74) is 0.00235. The Bertz CT molecular complexity index is 687. The van der Waals surface area contributed by atoms with Gasteiger partial charge in [-0.15, -0.1) is 0 Å². The number of carboxylic acids is 1. The lowest BCUT2D eigenvalue weighted by Gasteiger charge is -2.13. The van der Waals surface area contributed by atoms with Gasteiger partial charge in [0.15, 0.2) is 0 Å². The first-order valence-corrected chi connectivity index (χ1v) is 6.20. The van der Waals surface area contributed by atoms with Crippen LogP contribution in [0.15, 0.2) is 48.5 Å². The highest BCUT2D eigenvalue weighted by molar-refractivity contribution is 5.78. The zero-order valence-electron chi connectivity index (χ0n) is 10.9. The van der Waals surface area contributed by atoms with Crippen molar-refractivity contribution in [3.63, 3.8) is 0 Å². The molecule has 2 aromatic rings. The van der Waals surface area contributed by atoms with Crippen molar-refractivity contribution >= 4 is 11.7 Å². The second kappa shape index (κ2) is 6.13. The third kappa shape index (κ3) is 3.22. The number of nitro groups is 1. The molecule has 1 atom stereocenters. The molecule has 108 valence electrons. The molecule has 0 saturated heterocycles. The first kappa shape index (κ1) is 14.6. The molecule has 2 rings (SSSR count). The number of carboxylic acid groups (broad SMARTS) is 1. The summed E-state index contributed by atoms with van der Waals surface area (Å²) in [5.74, 6) is -2.93. The second-order valence-electron chi connectivity index (χ2n) is 4.50. The Kier molecular flexibility index (Phi) is 4.27. The molecule has 0 radical (unpaired) electrons. The Morgan fingerprint density at radius 2 is 1.81 bits per heavy atom. The Morgan fingerprint density at radius 3 is 2.43 bits per heavy atom. The molecular formula is C15H12FNO4. The van der Waals surface area contributed by atoms with Crippen molar-refractivity contribution in [2.24, 2.45) is 0 Å². The zero-order chi connectivity index (χ0) is 15.4. The highest BCUT2D eigenvalue weighted by atomic mass is 19.1. The molecule has 0 aliphatic carbocycles. The van der Waals surface area contributed by atoms with Crippen LogP contribution in [0.4, 0.5) is 10.1 Å². The molecular weight excluding hydrogens is 277 g/mol. The molecule has 0 saturated carbocycles. The van der Waals surface area contributed by atoms with Crippen LogP contribution in [-0.2, 0) is 11.2 Å². The largest absolute Gasteiger partial charge is 0.481 e. The van der Waals surface area contributed by atoms with E-state index in [0.717, 1.165) is 0 Å². The predicted molar refractivity (Wildman–Crippen MR) is 73.6 cm³/mol. The molecule has 0 aliphatic rings. The summed E-state index contributed by atoms with van der Waals surface area (Å²) in [6.07, 6.45) is -0.146. The maximum absolute atomic E-state index is 13.7. The van der Waals surface area contributed by atoms with E-state index in [-0.39, 0.29) is 23.2 Å². The molecule has 0 aliphatic heterocycles. The summed E-state index contributed by atoms with van der Waals surface area (Å²) in [5, 5.41) is 20.3. The number of nitrogens with zero attached hydrogens (tertiary/aromatic N) is 1. The van der Waals surface area contributed by atoms with Crippen molar-refractivity contribution < 1.29 is 19.2 Å². The molecule has 5 nitrogen and oxygen atoms in total. The minimum atomic E-state index is -1.23. The van der Waals surface area contributed by atoms with Crippen LogP contribution in [0.2, 0.25) is 0 Å². The van der Waals surface area contributed by atoms with Gasteiger partial charge in [0.05, 0.1) is 10.8 Å². The van der Waals surface area contributed by atoms with Crippen LogP contribution in [0, 0.1) is 15.9 Å². The number of hydrogen-bond acceptors (Lipinski definition) is 3. The van der Waals surface area contributed by atoms with E-state index in [2.05, 4.69) is 0 Å². The highest BCUT2D eigenvalue weighted by Gasteiger charge is 2.28. The third-order valence-electron chi connectivity index (χ3n) is 3.19. The average Bonchev–Trinajstić information content (AvgIpc) is 2.46. The number of aliphatic carboxylic acids is 1. The fraction of sp³-hybridized carbons (Fsp3) is 0.133. The molecule has 6 heteroatoms. The quantitative estimate of drug-likeness (QED) is 0.677. The Morgan fingerprint density at radius 1 is 1.19 bits per heavy atom. The van der Waals surface area contributed by atoms with Crippen molar-refractivity contribution in [3.8, 4) is 0 Å². The minimum Gasteiger partial charge on any atom is -0.481 e. The molecule has 0 spiro atoms. The summed E-state index contributed by atoms with van der Waals surface area (Å²) in [4.78, 5) is 21.8. The molecule has 0 amide bonds. The van der Waals surface area contributed by atoms with Crippen LogP contribution in [0.3, 0.4) is 0 Å². The van der Waals surface area contributed by atoms with E-state index in [4.69, 9.17) is 0 Å². The summed E-state index contributed by atoms with van der Waals surface area (Å²) >= 11 is 0. The van der Waals surface area contributed by atoms with Crippen LogP contribution in [-0.4, -0.2) is 16.0 Å². The van der Waals surface area contributed by atoms with E-state index in [9.17, 15) is 24.4 Å². The number of rotatable bonds is 5. The Labute approximate surface area is 119 Å². The van der Waals surface area contributed by atoms with E-state index in [0.29, 0.717) is 0 Å². The lowest BCUT2D eigenvalue weighted by molar-refractivity contribution is -0.385. The van der Waals surface area contributed by atoms with Crippen molar-refractivity contribution in [1.29, 1.82) is 0 Å². The molecule has 0 fully saturated rings. The van der Waals surface area contributed by atoms with Gasteiger partial charge in [-0.3, -0.25) is 14.9 Å². The standard InChI is InChI=1S/C15H12FNO4/c16-13-7-3-1-5-10(13)9-12(15(18)19)11-6-2-4-8-14(11)17(20)21/h1-8,12H,9H2,(H,18,19). The fourth-order valence-corrected chi connectivity index (χ4v) is 2.16. The van der Waals surface area contributed by atoms with E-state index >= 15 is 0 Å². The first-order chi connectivity index (χ1) is 10.0. The van der Waals surface area contributed by atoms with E-state index in [1.165, 1.54) is 42.5 Å². The van der Waals surface area contributed by atoms with Crippen molar-refractivity contribution in [2.75, 3.05) is 0 Å². The number of nitro benzene ring substituents is 1. The number of benzene rings is 2. The van der Waals surface area contributed by atoms with Crippen LogP contribution < -0.4 is 0 Å². The van der Waals surface area contributed by atoms with E-state index in [1.54, 1.807) is 6.07 Å². The summed E-state index contributed by atoms with van der Waals surface area (Å²) < 4.78 is 13.7. The van der Waals surface area contributed by atoms with Gasteiger partial charge in [-0.05, 0) is 18.1 Å². The zero-order valence-corrected chi connectivity index (χ0v) is 10.9. The predicted octanol–water partition coefficient (Wildman–Crippen LogP) is 3.14. The monoisotopic (exact) mass is 289 g/mol. The number of carbonyl (C=O) groups is 1. The molecule has 0 heterocycles. The highest BCUT2D eigenvalue weighted by Crippen LogP contribution is 2.30. The van der Waals surface area contributed by atoms with Crippen LogP contribution in [0.1, 0.15) is 17.0 Å². The summed E-state index contributed by atoms with van der Waals surface area (Å²) in [6, 6.07) is 11.4. The number of halogens is 1. The van der Waals surface area contributed by atoms with Gasteiger partial charge >= 0.3 is 5.97 Å². The molecule has 2 aromatic carbocycles. The average molecular weight is 289 g/mol. The van der Waals surface area contributed by atoms with E-state index < -0.39 is 22.6 Å². The fourth-order valence-electron chi connectivity index (χ4n) is 2.16. The van der Waals surface area contributed by atoms with Crippen molar-refractivity contribution in [1.82, 2.24) is 0 Å². The maximum atomic E-state index is 13.7. The van der Waals surface area contributed by atoms with Gasteiger partial charge in [0.2, 0.25) is 0 Å². The van der Waals surface area contributed by atoms with Gasteiger partial charge in [0.25, 0.3) is 5.69 Å². The SMILES string of the molecule is O=C(O)C(Cc1ccccc1F)c1ccccc1[N+](=O)[O-]. The van der Waals surface area contributed by atoms with Gasteiger partial charge in [-0.1, -0.05) is 36.4 Å². The maximum Gasteiger partial charge on any atom is 0.311 e. The molecule has 0 bridgehead atoms. The van der Waals surface area contributed by atoms with Gasteiger partial charge < -0.3 is 5.11 Å².